The van der Waals surface area contributed by atoms with Gasteiger partial charge in [0, 0.05) is 19.1 Å². The average Bonchev–Trinajstić information content (AvgIpc) is 3.80. The number of fused-ring (bicyclic) bond motifs is 7. The van der Waals surface area contributed by atoms with E-state index in [9.17, 15) is 0 Å². The maximum absolute atomic E-state index is 6.38. The molecule has 0 unspecified atom stereocenters. The number of rotatable bonds is 6. The Kier molecular flexibility index (Phi) is 11.1. The second-order valence-electron chi connectivity index (χ2n) is 17.0. The van der Waals surface area contributed by atoms with E-state index in [0.717, 1.165) is 55.5 Å². The molecular formula is C54H47IrN2OSi. The molecule has 0 radical (unpaired) electrons. The van der Waals surface area contributed by atoms with Crippen LogP contribution in [-0.4, -0.2) is 17.6 Å². The maximum Gasteiger partial charge on any atom is 3.00 e. The van der Waals surface area contributed by atoms with Crippen molar-refractivity contribution in [3.05, 3.63) is 175 Å². The second-order valence-corrected chi connectivity index (χ2v) is 22.0. The Labute approximate surface area is 362 Å². The van der Waals surface area contributed by atoms with E-state index in [2.05, 4.69) is 191 Å². The summed E-state index contributed by atoms with van der Waals surface area (Å²) in [6, 6.07) is 61.4. The molecule has 3 nitrogen and oxygen atoms in total. The maximum atomic E-state index is 6.38. The molecule has 5 heteroatoms. The monoisotopic (exact) mass is 960 g/mol. The number of imidazole rings is 1. The minimum atomic E-state index is -1.20. The molecule has 0 fully saturated rings. The summed E-state index contributed by atoms with van der Waals surface area (Å²) in [5, 5.41) is 8.54. The van der Waals surface area contributed by atoms with E-state index in [-0.39, 0.29) is 20.1 Å². The minimum absolute atomic E-state index is 0. The van der Waals surface area contributed by atoms with Gasteiger partial charge < -0.3 is 8.98 Å². The van der Waals surface area contributed by atoms with Crippen LogP contribution in [0.25, 0.3) is 82.7 Å². The van der Waals surface area contributed by atoms with Crippen LogP contribution >= 0.6 is 0 Å². The molecule has 0 bridgehead atoms. The Morgan fingerprint density at radius 2 is 1.24 bits per heavy atom. The molecule has 0 aliphatic heterocycles. The van der Waals surface area contributed by atoms with E-state index in [1.165, 1.54) is 43.5 Å². The summed E-state index contributed by atoms with van der Waals surface area (Å²) in [7, 11) is -1.20. The number of para-hydroxylation sites is 3. The molecule has 8 aromatic carbocycles. The topological polar surface area (TPSA) is 31.0 Å². The van der Waals surface area contributed by atoms with Crippen LogP contribution in [0.4, 0.5) is 0 Å². The van der Waals surface area contributed by atoms with Gasteiger partial charge >= 0.3 is 20.1 Å². The van der Waals surface area contributed by atoms with Gasteiger partial charge in [0.1, 0.15) is 5.58 Å². The largest absolute Gasteiger partial charge is 3.00 e. The van der Waals surface area contributed by atoms with Crippen molar-refractivity contribution in [3.8, 4) is 28.2 Å². The van der Waals surface area contributed by atoms with Crippen LogP contribution in [0.1, 0.15) is 50.7 Å². The van der Waals surface area contributed by atoms with E-state index in [1.54, 1.807) is 0 Å². The van der Waals surface area contributed by atoms with Crippen molar-refractivity contribution in [2.75, 3.05) is 0 Å². The molecule has 0 saturated heterocycles. The third-order valence-electron chi connectivity index (χ3n) is 11.3. The van der Waals surface area contributed by atoms with Crippen LogP contribution in [0, 0.1) is 18.2 Å². The number of furan rings is 1. The van der Waals surface area contributed by atoms with Crippen LogP contribution in [0.5, 0.6) is 0 Å². The van der Waals surface area contributed by atoms with Crippen LogP contribution in [0.15, 0.2) is 150 Å². The van der Waals surface area contributed by atoms with Gasteiger partial charge in [-0.15, -0.1) is 35.0 Å². The molecule has 0 saturated carbocycles. The quantitative estimate of drug-likeness (QED) is 0.0945. The standard InChI is InChI=1S/C39H31N2O.C15H16Si.Ir/c1-23(2)28-12-9-13-29(24(3)4)38(28)41-35-15-8-7-14-34(35)40-39(41)27-18-19-36-32(20-27)33-22-31-26(21-37(33)42-36)17-16-25-10-5-6-11-30(25)31;1-16(2,3)15-11-9-14(10-12-15)13-7-5-4-6-8-13;/h5-17,19-24H,1-4H3;4-7,9,11-12H,1-3H3;/q-1;-2;+3. The van der Waals surface area contributed by atoms with Crippen molar-refractivity contribution < 1.29 is 24.5 Å². The Morgan fingerprint density at radius 3 is 1.95 bits per heavy atom. The van der Waals surface area contributed by atoms with Gasteiger partial charge in [0.15, 0.2) is 0 Å². The summed E-state index contributed by atoms with van der Waals surface area (Å²) in [6.07, 6.45) is 0. The van der Waals surface area contributed by atoms with E-state index < -0.39 is 8.07 Å². The van der Waals surface area contributed by atoms with Crippen molar-refractivity contribution in [2.24, 2.45) is 0 Å². The number of aromatic nitrogens is 2. The summed E-state index contributed by atoms with van der Waals surface area (Å²) >= 11 is 0. The van der Waals surface area contributed by atoms with E-state index in [1.807, 2.05) is 24.3 Å². The number of nitrogens with zero attached hydrogens (tertiary/aromatic N) is 2. The fraction of sp³-hybridized carbons (Fsp3) is 0.167. The first-order valence-electron chi connectivity index (χ1n) is 20.3. The first kappa shape index (κ1) is 40.2. The van der Waals surface area contributed by atoms with Gasteiger partial charge in [-0.3, -0.25) is 4.98 Å². The van der Waals surface area contributed by atoms with Crippen molar-refractivity contribution >= 4 is 67.8 Å². The average molecular weight is 960 g/mol. The van der Waals surface area contributed by atoms with Crippen LogP contribution in [0.3, 0.4) is 0 Å². The normalized spacial score (nSPS) is 11.8. The smallest absolute Gasteiger partial charge is 0.500 e. The molecule has 0 aliphatic rings. The molecule has 2 aromatic heterocycles. The van der Waals surface area contributed by atoms with Crippen molar-refractivity contribution in [1.82, 2.24) is 9.55 Å². The zero-order chi connectivity index (χ0) is 40.1. The number of hydrogen-bond donors (Lipinski definition) is 0. The molecule has 10 aromatic rings. The predicted molar refractivity (Wildman–Crippen MR) is 248 cm³/mol. The Hall–Kier alpha value is -5.58. The minimum Gasteiger partial charge on any atom is -0.500 e. The first-order chi connectivity index (χ1) is 28.0. The van der Waals surface area contributed by atoms with Gasteiger partial charge in [-0.1, -0.05) is 119 Å². The van der Waals surface area contributed by atoms with Gasteiger partial charge in [0.05, 0.1) is 22.4 Å². The van der Waals surface area contributed by atoms with Crippen LogP contribution in [-0.2, 0) is 20.1 Å². The van der Waals surface area contributed by atoms with Crippen molar-refractivity contribution in [1.29, 1.82) is 0 Å². The predicted octanol–water partition coefficient (Wildman–Crippen LogP) is 14.4. The van der Waals surface area contributed by atoms with Crippen molar-refractivity contribution in [2.45, 2.75) is 59.2 Å². The molecule has 0 amide bonds. The molecule has 10 rings (SSSR count). The molecule has 59 heavy (non-hydrogen) atoms. The summed E-state index contributed by atoms with van der Waals surface area (Å²) < 4.78 is 8.74. The number of benzene rings is 8. The molecule has 0 aliphatic carbocycles. The second kappa shape index (κ2) is 16.2. The fourth-order valence-electron chi connectivity index (χ4n) is 8.17. The molecule has 0 atom stereocenters. The van der Waals surface area contributed by atoms with Gasteiger partial charge in [0.2, 0.25) is 0 Å². The van der Waals surface area contributed by atoms with E-state index in [0.29, 0.717) is 11.8 Å². The van der Waals surface area contributed by atoms with Crippen molar-refractivity contribution in [3.63, 3.8) is 0 Å². The summed E-state index contributed by atoms with van der Waals surface area (Å²) in [4.78, 5) is 5.22. The Balaban J connectivity index is 0.000000240. The van der Waals surface area contributed by atoms with Gasteiger partial charge in [-0.2, -0.15) is 48.5 Å². The molecule has 0 spiro atoms. The SMILES string of the molecule is CC(C)c1cccc(C(C)C)c1-n1c(-c2[c-]cc3oc4cc5ccc6ccccc6c5cc4c3c2)nc2ccccc21.C[Si](C)(C)c1c[c-]c(-c2[c-]cccc2)cc1.[Ir+3]. The summed E-state index contributed by atoms with van der Waals surface area (Å²) in [6.45, 7) is 16.1. The molecule has 0 N–H and O–H groups in total. The zero-order valence-electron chi connectivity index (χ0n) is 34.6. The molecular weight excluding hydrogens is 913 g/mol. The first-order valence-corrected chi connectivity index (χ1v) is 23.8. The molecule has 2 heterocycles. The fourth-order valence-corrected chi connectivity index (χ4v) is 9.26. The Morgan fingerprint density at radius 1 is 0.559 bits per heavy atom. The van der Waals surface area contributed by atoms with Crippen LogP contribution in [0.2, 0.25) is 19.6 Å². The zero-order valence-corrected chi connectivity index (χ0v) is 38.0. The number of hydrogen-bond acceptors (Lipinski definition) is 2. The third kappa shape index (κ3) is 7.60. The summed E-state index contributed by atoms with van der Waals surface area (Å²) in [5.41, 5.74) is 10.9. The van der Waals surface area contributed by atoms with Gasteiger partial charge in [-0.05, 0) is 68.8 Å². The third-order valence-corrected chi connectivity index (χ3v) is 13.4. The van der Waals surface area contributed by atoms with Crippen LogP contribution < -0.4 is 5.19 Å². The Bertz CT molecular complexity index is 3070. The van der Waals surface area contributed by atoms with E-state index >= 15 is 0 Å². The van der Waals surface area contributed by atoms with E-state index in [4.69, 9.17) is 9.40 Å². The molecule has 292 valence electrons. The van der Waals surface area contributed by atoms with Gasteiger partial charge in [-0.25, -0.2) is 11.1 Å². The van der Waals surface area contributed by atoms with Gasteiger partial charge in [0.25, 0.3) is 0 Å². The summed E-state index contributed by atoms with van der Waals surface area (Å²) in [5.74, 6) is 1.62.